The highest BCUT2D eigenvalue weighted by Crippen LogP contribution is 2.24. The first-order chi connectivity index (χ1) is 15.8. The lowest BCUT2D eigenvalue weighted by molar-refractivity contribution is -0.0502. The van der Waals surface area contributed by atoms with Gasteiger partial charge in [0.1, 0.15) is 0 Å². The van der Waals surface area contributed by atoms with Gasteiger partial charge < -0.3 is 19.7 Å². The molecule has 4 rings (SSSR count). The molecule has 32 heavy (non-hydrogen) atoms. The Kier molecular flexibility index (Phi) is 8.54. The first-order valence-electron chi connectivity index (χ1n) is 11.8. The minimum atomic E-state index is 0.248. The zero-order valence-electron chi connectivity index (χ0n) is 19.2. The lowest BCUT2D eigenvalue weighted by Crippen LogP contribution is -2.50. The summed E-state index contributed by atoms with van der Waals surface area (Å²) in [5.41, 5.74) is 2.59. The number of nitrogens with zero attached hydrogens (tertiary/aromatic N) is 3. The molecule has 2 unspecified atom stereocenters. The second-order valence-corrected chi connectivity index (χ2v) is 8.56. The lowest BCUT2D eigenvalue weighted by Gasteiger charge is -2.36. The quantitative estimate of drug-likeness (QED) is 0.372. The van der Waals surface area contributed by atoms with Gasteiger partial charge in [-0.25, -0.2) is 0 Å². The molecule has 2 aliphatic rings. The first-order valence-corrected chi connectivity index (χ1v) is 11.8. The Morgan fingerprint density at radius 3 is 2.53 bits per heavy atom. The highest BCUT2D eigenvalue weighted by atomic mass is 16.5. The average molecular weight is 437 g/mol. The van der Waals surface area contributed by atoms with Crippen molar-refractivity contribution in [1.82, 2.24) is 15.1 Å². The maximum absolute atomic E-state index is 6.12. The van der Waals surface area contributed by atoms with Crippen LogP contribution in [0.3, 0.4) is 0 Å². The standard InChI is InChI=1S/C26H36N4O2/c1-27-26(28-14-8-9-16-31-21-23-12-6-3-7-13-23)30-19-24-25(20-30)32-17-15-29(24)18-22-10-4-2-5-11-22/h2-7,10-13,24-25H,8-9,14-21H2,1H3,(H,27,28). The maximum Gasteiger partial charge on any atom is 0.193 e. The fraction of sp³-hybridized carbons (Fsp3) is 0.500. The monoisotopic (exact) mass is 436 g/mol. The molecule has 0 saturated carbocycles. The SMILES string of the molecule is CN=C(NCCCCOCc1ccccc1)N1CC2OCCN(Cc3ccccc3)C2C1. The van der Waals surface area contributed by atoms with E-state index in [1.807, 2.05) is 13.1 Å². The minimum Gasteiger partial charge on any atom is -0.377 e. The van der Waals surface area contributed by atoms with Crippen LogP contribution in [0.25, 0.3) is 0 Å². The van der Waals surface area contributed by atoms with Gasteiger partial charge >= 0.3 is 0 Å². The van der Waals surface area contributed by atoms with Gasteiger partial charge in [-0.1, -0.05) is 60.7 Å². The summed E-state index contributed by atoms with van der Waals surface area (Å²) in [4.78, 5) is 9.46. The molecule has 2 atom stereocenters. The van der Waals surface area contributed by atoms with Gasteiger partial charge in [0.2, 0.25) is 0 Å². The van der Waals surface area contributed by atoms with Crippen molar-refractivity contribution < 1.29 is 9.47 Å². The number of ether oxygens (including phenoxy) is 2. The van der Waals surface area contributed by atoms with Gasteiger partial charge in [0.25, 0.3) is 0 Å². The van der Waals surface area contributed by atoms with Crippen LogP contribution in [0.1, 0.15) is 24.0 Å². The van der Waals surface area contributed by atoms with Crippen LogP contribution in [0.2, 0.25) is 0 Å². The third-order valence-corrected chi connectivity index (χ3v) is 6.27. The Hall–Kier alpha value is -2.41. The largest absolute Gasteiger partial charge is 0.377 e. The smallest absolute Gasteiger partial charge is 0.193 e. The molecule has 2 aromatic carbocycles. The summed E-state index contributed by atoms with van der Waals surface area (Å²) < 4.78 is 11.9. The molecule has 1 N–H and O–H groups in total. The van der Waals surface area contributed by atoms with Crippen molar-refractivity contribution in [1.29, 1.82) is 0 Å². The van der Waals surface area contributed by atoms with E-state index in [-0.39, 0.29) is 6.10 Å². The molecule has 2 fully saturated rings. The van der Waals surface area contributed by atoms with E-state index in [0.717, 1.165) is 64.7 Å². The van der Waals surface area contributed by atoms with E-state index in [4.69, 9.17) is 9.47 Å². The zero-order valence-corrected chi connectivity index (χ0v) is 19.2. The molecule has 2 aromatic rings. The Morgan fingerprint density at radius 1 is 1.03 bits per heavy atom. The molecule has 0 bridgehead atoms. The highest BCUT2D eigenvalue weighted by Gasteiger charge is 2.41. The Balaban J connectivity index is 1.17. The van der Waals surface area contributed by atoms with Gasteiger partial charge in [-0.2, -0.15) is 0 Å². The van der Waals surface area contributed by atoms with Crippen LogP contribution >= 0.6 is 0 Å². The summed E-state index contributed by atoms with van der Waals surface area (Å²) in [5.74, 6) is 0.980. The number of hydrogen-bond donors (Lipinski definition) is 1. The summed E-state index contributed by atoms with van der Waals surface area (Å²) in [6, 6.07) is 21.5. The maximum atomic E-state index is 6.12. The fourth-order valence-electron chi connectivity index (χ4n) is 4.57. The molecule has 0 aromatic heterocycles. The number of likely N-dealkylation sites (tertiary alicyclic amines) is 1. The molecule has 2 aliphatic heterocycles. The van der Waals surface area contributed by atoms with E-state index in [0.29, 0.717) is 12.6 Å². The van der Waals surface area contributed by atoms with Crippen LogP contribution in [-0.2, 0) is 22.6 Å². The van der Waals surface area contributed by atoms with E-state index in [2.05, 4.69) is 74.7 Å². The van der Waals surface area contributed by atoms with Crippen LogP contribution in [0, 0.1) is 0 Å². The Morgan fingerprint density at radius 2 is 1.78 bits per heavy atom. The van der Waals surface area contributed by atoms with E-state index < -0.39 is 0 Å². The number of fused-ring (bicyclic) bond motifs is 1. The Labute approximate surface area is 192 Å². The highest BCUT2D eigenvalue weighted by molar-refractivity contribution is 5.80. The predicted octanol–water partition coefficient (Wildman–Crippen LogP) is 3.14. The molecule has 0 radical (unpaired) electrons. The molecule has 0 aliphatic carbocycles. The van der Waals surface area contributed by atoms with Gasteiger partial charge in [0.05, 0.1) is 25.4 Å². The number of aliphatic imine (C=N–C) groups is 1. The van der Waals surface area contributed by atoms with Gasteiger partial charge in [-0.15, -0.1) is 0 Å². The van der Waals surface area contributed by atoms with Crippen molar-refractivity contribution in [2.45, 2.75) is 38.1 Å². The molecular formula is C26H36N4O2. The second kappa shape index (κ2) is 12.0. The second-order valence-electron chi connectivity index (χ2n) is 8.56. The molecular weight excluding hydrogens is 400 g/mol. The Bertz CT molecular complexity index is 830. The predicted molar refractivity (Wildman–Crippen MR) is 129 cm³/mol. The van der Waals surface area contributed by atoms with Crippen molar-refractivity contribution in [2.24, 2.45) is 4.99 Å². The van der Waals surface area contributed by atoms with Gasteiger partial charge in [-0.05, 0) is 24.0 Å². The van der Waals surface area contributed by atoms with Gasteiger partial charge in [-0.3, -0.25) is 9.89 Å². The summed E-state index contributed by atoms with van der Waals surface area (Å²) in [6.07, 6.45) is 2.35. The summed E-state index contributed by atoms with van der Waals surface area (Å²) in [7, 11) is 1.87. The summed E-state index contributed by atoms with van der Waals surface area (Å²) in [5, 5.41) is 3.54. The zero-order chi connectivity index (χ0) is 22.0. The normalized spacial score (nSPS) is 21.5. The molecule has 0 amide bonds. The van der Waals surface area contributed by atoms with Gasteiger partial charge in [0.15, 0.2) is 5.96 Å². The van der Waals surface area contributed by atoms with Crippen molar-refractivity contribution in [3.63, 3.8) is 0 Å². The first kappa shape index (κ1) is 22.8. The van der Waals surface area contributed by atoms with Crippen LogP contribution in [-0.4, -0.2) is 74.3 Å². The number of guanidine groups is 1. The van der Waals surface area contributed by atoms with E-state index in [1.165, 1.54) is 11.1 Å². The lowest BCUT2D eigenvalue weighted by atomic mass is 10.1. The average Bonchev–Trinajstić information content (AvgIpc) is 3.27. The van der Waals surface area contributed by atoms with Crippen molar-refractivity contribution >= 4 is 5.96 Å². The number of nitrogens with one attached hydrogen (secondary N) is 1. The van der Waals surface area contributed by atoms with Crippen molar-refractivity contribution in [3.05, 3.63) is 71.8 Å². The van der Waals surface area contributed by atoms with Gasteiger partial charge in [0, 0.05) is 46.4 Å². The van der Waals surface area contributed by atoms with Crippen LogP contribution < -0.4 is 5.32 Å². The van der Waals surface area contributed by atoms with E-state index in [1.54, 1.807) is 0 Å². The molecule has 0 spiro atoms. The summed E-state index contributed by atoms with van der Waals surface area (Å²) in [6.45, 7) is 7.00. The number of benzene rings is 2. The van der Waals surface area contributed by atoms with Crippen molar-refractivity contribution in [2.75, 3.05) is 46.4 Å². The van der Waals surface area contributed by atoms with E-state index in [9.17, 15) is 0 Å². The number of unbranched alkanes of at least 4 members (excludes halogenated alkanes) is 1. The number of rotatable bonds is 9. The minimum absolute atomic E-state index is 0.248. The van der Waals surface area contributed by atoms with Crippen molar-refractivity contribution in [3.8, 4) is 0 Å². The number of morpholine rings is 1. The molecule has 6 heteroatoms. The topological polar surface area (TPSA) is 49.3 Å². The van der Waals surface area contributed by atoms with Crippen LogP contribution in [0.5, 0.6) is 0 Å². The third kappa shape index (κ3) is 6.31. The molecule has 2 saturated heterocycles. The third-order valence-electron chi connectivity index (χ3n) is 6.27. The van der Waals surface area contributed by atoms with Crippen LogP contribution in [0.4, 0.5) is 0 Å². The number of hydrogen-bond acceptors (Lipinski definition) is 4. The molecule has 6 nitrogen and oxygen atoms in total. The van der Waals surface area contributed by atoms with Crippen LogP contribution in [0.15, 0.2) is 65.7 Å². The summed E-state index contributed by atoms with van der Waals surface area (Å²) >= 11 is 0. The molecule has 172 valence electrons. The fourth-order valence-corrected chi connectivity index (χ4v) is 4.57. The molecule has 2 heterocycles. The van der Waals surface area contributed by atoms with E-state index >= 15 is 0 Å².